The number of piperazine rings is 1. The van der Waals surface area contributed by atoms with Gasteiger partial charge >= 0.3 is 0 Å². The third-order valence-corrected chi connectivity index (χ3v) is 9.45. The maximum Gasteiger partial charge on any atom is 0.245 e. The second kappa shape index (κ2) is 13.1. The Kier molecular flexibility index (Phi) is 9.49. The van der Waals surface area contributed by atoms with Crippen molar-refractivity contribution in [3.63, 3.8) is 0 Å². The van der Waals surface area contributed by atoms with E-state index in [0.717, 1.165) is 31.6 Å². The molecule has 2 heterocycles. The summed E-state index contributed by atoms with van der Waals surface area (Å²) in [6.07, 6.45) is 16.4. The molecular formula is C33H45ClN4O2. The fraction of sp³-hybridized carbons (Fsp3) is 0.576. The van der Waals surface area contributed by atoms with E-state index in [-0.39, 0.29) is 17.9 Å². The number of nitrogens with zero attached hydrogens (tertiary/aromatic N) is 2. The van der Waals surface area contributed by atoms with Crippen LogP contribution in [0.15, 0.2) is 59.7 Å². The van der Waals surface area contributed by atoms with Crippen molar-refractivity contribution in [1.82, 2.24) is 20.4 Å². The minimum absolute atomic E-state index is 0.0186. The molecule has 4 aliphatic rings. The number of halogens is 1. The predicted octanol–water partition coefficient (Wildman–Crippen LogP) is 5.05. The Morgan fingerprint density at radius 2 is 1.80 bits per heavy atom. The first-order chi connectivity index (χ1) is 19.3. The normalized spacial score (nSPS) is 23.4. The minimum atomic E-state index is -0.600. The van der Waals surface area contributed by atoms with Crippen LogP contribution in [0.2, 0.25) is 5.02 Å². The van der Waals surface area contributed by atoms with Crippen LogP contribution in [0.5, 0.6) is 0 Å². The lowest BCUT2D eigenvalue weighted by Crippen LogP contribution is -2.60. The minimum Gasteiger partial charge on any atom is -0.344 e. The Bertz CT molecular complexity index is 1140. The summed E-state index contributed by atoms with van der Waals surface area (Å²) in [5.74, 6) is 0.595. The molecule has 2 amide bonds. The molecule has 1 saturated heterocycles. The maximum atomic E-state index is 13.9. The van der Waals surface area contributed by atoms with E-state index < -0.39 is 6.04 Å². The summed E-state index contributed by atoms with van der Waals surface area (Å²) < 4.78 is 0. The van der Waals surface area contributed by atoms with Crippen molar-refractivity contribution >= 4 is 23.4 Å². The average Bonchev–Trinajstić information content (AvgIpc) is 3.48. The van der Waals surface area contributed by atoms with Gasteiger partial charge in [0.05, 0.1) is 0 Å². The van der Waals surface area contributed by atoms with Gasteiger partial charge in [-0.05, 0) is 60.4 Å². The number of carbonyl (C=O) groups is 2. The molecule has 6 nitrogen and oxygen atoms in total. The van der Waals surface area contributed by atoms with Crippen molar-refractivity contribution in [2.45, 2.75) is 82.8 Å². The zero-order chi connectivity index (χ0) is 28.1. The van der Waals surface area contributed by atoms with E-state index in [1.54, 1.807) is 0 Å². The van der Waals surface area contributed by atoms with Gasteiger partial charge in [-0.1, -0.05) is 74.7 Å². The van der Waals surface area contributed by atoms with Gasteiger partial charge in [-0.2, -0.15) is 0 Å². The van der Waals surface area contributed by atoms with E-state index in [4.69, 9.17) is 11.6 Å². The SMILES string of the molecule is CC(C)CC1(N2CCN(C(=O)C(Cc3ccc(Cl)cc3)NC(=O)CC3NCC4=C3C=CC=CC4)CC2)CCCC1. The summed E-state index contributed by atoms with van der Waals surface area (Å²) in [4.78, 5) is 31.9. The van der Waals surface area contributed by atoms with Crippen LogP contribution in [-0.4, -0.2) is 72.0 Å². The molecule has 1 aromatic rings. The van der Waals surface area contributed by atoms with Gasteiger partial charge in [0, 0.05) is 62.2 Å². The first-order valence-electron chi connectivity index (χ1n) is 15.2. The van der Waals surface area contributed by atoms with E-state index in [1.165, 1.54) is 43.3 Å². The molecule has 2 aliphatic heterocycles. The van der Waals surface area contributed by atoms with Gasteiger partial charge < -0.3 is 15.5 Å². The summed E-state index contributed by atoms with van der Waals surface area (Å²) >= 11 is 6.12. The smallest absolute Gasteiger partial charge is 0.245 e. The number of hydrogen-bond donors (Lipinski definition) is 2. The molecule has 1 saturated carbocycles. The number of nitrogens with one attached hydrogen (secondary N) is 2. The van der Waals surface area contributed by atoms with E-state index in [0.29, 0.717) is 42.4 Å². The van der Waals surface area contributed by atoms with Gasteiger partial charge in [0.2, 0.25) is 11.8 Å². The summed E-state index contributed by atoms with van der Waals surface area (Å²) in [7, 11) is 0. The van der Waals surface area contributed by atoms with E-state index >= 15 is 0 Å². The monoisotopic (exact) mass is 564 g/mol. The highest BCUT2D eigenvalue weighted by Crippen LogP contribution is 2.40. The van der Waals surface area contributed by atoms with Crippen molar-refractivity contribution in [2.75, 3.05) is 32.7 Å². The predicted molar refractivity (Wildman–Crippen MR) is 162 cm³/mol. The lowest BCUT2D eigenvalue weighted by Gasteiger charge is -2.47. The van der Waals surface area contributed by atoms with E-state index in [1.807, 2.05) is 35.2 Å². The number of allylic oxidation sites excluding steroid dienone is 3. The summed E-state index contributed by atoms with van der Waals surface area (Å²) in [6.45, 7) is 8.69. The van der Waals surface area contributed by atoms with Gasteiger partial charge in [-0.25, -0.2) is 0 Å². The molecule has 40 heavy (non-hydrogen) atoms. The molecule has 2 fully saturated rings. The molecule has 0 bridgehead atoms. The van der Waals surface area contributed by atoms with Crippen LogP contribution >= 0.6 is 11.6 Å². The van der Waals surface area contributed by atoms with Crippen LogP contribution in [-0.2, 0) is 16.0 Å². The summed E-state index contributed by atoms with van der Waals surface area (Å²) in [5, 5.41) is 7.29. The molecule has 2 unspecified atom stereocenters. The number of rotatable bonds is 9. The van der Waals surface area contributed by atoms with Crippen molar-refractivity contribution < 1.29 is 9.59 Å². The van der Waals surface area contributed by atoms with Crippen molar-refractivity contribution in [3.05, 3.63) is 70.3 Å². The zero-order valence-electron chi connectivity index (χ0n) is 24.1. The first kappa shape index (κ1) is 29.1. The van der Waals surface area contributed by atoms with E-state index in [9.17, 15) is 9.59 Å². The molecule has 0 aromatic heterocycles. The van der Waals surface area contributed by atoms with Gasteiger partial charge in [-0.3, -0.25) is 14.5 Å². The average molecular weight is 565 g/mol. The standard InChI is InChI=1S/C33H45ClN4O2/c1-24(2)22-33(14-6-7-15-33)38-18-16-37(17-19-38)32(40)30(20-25-10-12-27(34)13-11-25)36-31(39)21-29-28-9-5-3-4-8-26(28)23-35-29/h3-5,9-13,24,29-30,35H,6-8,14-23H2,1-2H3,(H,36,39). The quantitative estimate of drug-likeness (QED) is 0.441. The van der Waals surface area contributed by atoms with Crippen molar-refractivity contribution in [1.29, 1.82) is 0 Å². The first-order valence-corrected chi connectivity index (χ1v) is 15.6. The number of carbonyl (C=O) groups excluding carboxylic acids is 2. The Morgan fingerprint density at radius 1 is 1.07 bits per heavy atom. The topological polar surface area (TPSA) is 64.7 Å². The Labute approximate surface area is 244 Å². The van der Waals surface area contributed by atoms with Gasteiger partial charge in [0.25, 0.3) is 0 Å². The summed E-state index contributed by atoms with van der Waals surface area (Å²) in [6, 6.07) is 6.96. The number of hydrogen-bond acceptors (Lipinski definition) is 4. The van der Waals surface area contributed by atoms with E-state index in [2.05, 4.69) is 47.6 Å². The zero-order valence-corrected chi connectivity index (χ0v) is 24.9. The highest BCUT2D eigenvalue weighted by Gasteiger charge is 2.42. The van der Waals surface area contributed by atoms with Crippen LogP contribution in [0.3, 0.4) is 0 Å². The molecule has 216 valence electrons. The van der Waals surface area contributed by atoms with Crippen LogP contribution in [0.4, 0.5) is 0 Å². The fourth-order valence-corrected chi connectivity index (χ4v) is 7.44. The second-order valence-corrected chi connectivity index (χ2v) is 12.9. The van der Waals surface area contributed by atoms with Gasteiger partial charge in [-0.15, -0.1) is 0 Å². The van der Waals surface area contributed by atoms with Crippen LogP contribution in [0, 0.1) is 5.92 Å². The summed E-state index contributed by atoms with van der Waals surface area (Å²) in [5.41, 5.74) is 3.83. The number of amides is 2. The molecule has 2 N–H and O–H groups in total. The van der Waals surface area contributed by atoms with Crippen LogP contribution in [0.1, 0.15) is 64.4 Å². The highest BCUT2D eigenvalue weighted by molar-refractivity contribution is 6.30. The van der Waals surface area contributed by atoms with Crippen LogP contribution in [0.25, 0.3) is 0 Å². The lowest BCUT2D eigenvalue weighted by molar-refractivity contribution is -0.139. The molecular weight excluding hydrogens is 520 g/mol. The third kappa shape index (κ3) is 6.89. The maximum absolute atomic E-state index is 13.9. The molecule has 5 rings (SSSR count). The Hall–Kier alpha value is -2.41. The fourth-order valence-electron chi connectivity index (χ4n) is 7.32. The molecule has 0 radical (unpaired) electrons. The molecule has 2 aliphatic carbocycles. The third-order valence-electron chi connectivity index (χ3n) is 9.19. The second-order valence-electron chi connectivity index (χ2n) is 12.5. The Morgan fingerprint density at radius 3 is 2.50 bits per heavy atom. The van der Waals surface area contributed by atoms with Crippen molar-refractivity contribution in [3.8, 4) is 0 Å². The van der Waals surface area contributed by atoms with Gasteiger partial charge in [0.15, 0.2) is 0 Å². The van der Waals surface area contributed by atoms with Crippen molar-refractivity contribution in [2.24, 2.45) is 5.92 Å². The lowest BCUT2D eigenvalue weighted by atomic mass is 9.85. The van der Waals surface area contributed by atoms with Gasteiger partial charge in [0.1, 0.15) is 6.04 Å². The molecule has 7 heteroatoms. The molecule has 0 spiro atoms. The highest BCUT2D eigenvalue weighted by atomic mass is 35.5. The Balaban J connectivity index is 1.25. The van der Waals surface area contributed by atoms with Crippen LogP contribution < -0.4 is 10.6 Å². The largest absolute Gasteiger partial charge is 0.344 e. The molecule has 1 aromatic carbocycles. The molecule has 2 atom stereocenters. The number of benzene rings is 1.